The second-order valence-corrected chi connectivity index (χ2v) is 2.24. The number of hydrogen-bond acceptors (Lipinski definition) is 1. The molecule has 0 bridgehead atoms. The summed E-state index contributed by atoms with van der Waals surface area (Å²) in [7, 11) is 1.85. The van der Waals surface area contributed by atoms with Crippen molar-refractivity contribution in [3.05, 3.63) is 0 Å². The highest BCUT2D eigenvalue weighted by Crippen LogP contribution is 1.94. The average Bonchev–Trinajstić information content (AvgIpc) is 1.68. The molecule has 0 aromatic carbocycles. The number of halogens is 2. The van der Waals surface area contributed by atoms with Crippen LogP contribution in [0.15, 0.2) is 0 Å². The Bertz CT molecular complexity index is 40.7. The molecule has 0 saturated heterocycles. The van der Waals surface area contributed by atoms with Crippen molar-refractivity contribution in [1.82, 2.24) is 5.32 Å². The van der Waals surface area contributed by atoms with Gasteiger partial charge in [-0.3, -0.25) is 0 Å². The summed E-state index contributed by atoms with van der Waals surface area (Å²) in [5.41, 5.74) is 0. The van der Waals surface area contributed by atoms with E-state index in [1.807, 2.05) is 7.05 Å². The first-order chi connectivity index (χ1) is 3.31. The first-order valence-corrected chi connectivity index (χ1v) is 3.13. The van der Waals surface area contributed by atoms with Crippen molar-refractivity contribution in [3.63, 3.8) is 0 Å². The molecule has 0 aromatic rings. The van der Waals surface area contributed by atoms with Crippen molar-refractivity contribution in [2.45, 2.75) is 5.38 Å². The van der Waals surface area contributed by atoms with Crippen LogP contribution in [0.1, 0.15) is 0 Å². The molecule has 0 aliphatic rings. The van der Waals surface area contributed by atoms with Crippen LogP contribution in [0.5, 0.6) is 0 Å². The van der Waals surface area contributed by atoms with Gasteiger partial charge in [0.15, 0.2) is 0 Å². The smallest absolute Gasteiger partial charge is 0.0595 e. The van der Waals surface area contributed by atoms with Crippen LogP contribution < -0.4 is 5.32 Å². The summed E-state index contributed by atoms with van der Waals surface area (Å²) in [5, 5.41) is 2.98. The largest absolute Gasteiger partial charge is 0.318 e. The summed E-state index contributed by atoms with van der Waals surface area (Å²) in [6, 6.07) is 0. The van der Waals surface area contributed by atoms with Crippen LogP contribution in [0.2, 0.25) is 0 Å². The quantitative estimate of drug-likeness (QED) is 0.580. The molecule has 0 heterocycles. The minimum Gasteiger partial charge on any atom is -0.318 e. The zero-order valence-corrected chi connectivity index (χ0v) is 5.76. The Morgan fingerprint density at radius 1 is 1.71 bits per heavy atom. The number of nitrogens with one attached hydrogen (secondary N) is 1. The maximum absolute atomic E-state index is 5.57. The van der Waals surface area contributed by atoms with Crippen LogP contribution in [-0.4, -0.2) is 24.8 Å². The van der Waals surface area contributed by atoms with Crippen molar-refractivity contribution in [3.8, 4) is 0 Å². The lowest BCUT2D eigenvalue weighted by Crippen LogP contribution is -2.19. The molecule has 1 atom stereocenters. The van der Waals surface area contributed by atoms with Crippen molar-refractivity contribution in [1.29, 1.82) is 0 Å². The van der Waals surface area contributed by atoms with Gasteiger partial charge in [0.05, 0.1) is 5.38 Å². The van der Waals surface area contributed by atoms with Crippen molar-refractivity contribution in [2.24, 2.45) is 0 Å². The molecule has 1 nitrogen and oxygen atoms in total. The highest BCUT2D eigenvalue weighted by molar-refractivity contribution is 6.28. The van der Waals surface area contributed by atoms with E-state index in [1.54, 1.807) is 0 Å². The minimum absolute atomic E-state index is 0.0756. The number of hydrogen-bond donors (Lipinski definition) is 1. The standard InChI is InChI=1S/C4H9Cl2N/c1-7-3-4(6)2-5/h4,7H,2-3H2,1H3. The van der Waals surface area contributed by atoms with E-state index in [1.165, 1.54) is 0 Å². The highest BCUT2D eigenvalue weighted by atomic mass is 35.5. The van der Waals surface area contributed by atoms with Gasteiger partial charge < -0.3 is 5.32 Å². The molecule has 0 aromatic heterocycles. The normalized spacial score (nSPS) is 14.1. The fourth-order valence-electron chi connectivity index (χ4n) is 0.276. The molecule has 1 unspecified atom stereocenters. The second-order valence-electron chi connectivity index (χ2n) is 1.31. The topological polar surface area (TPSA) is 12.0 Å². The predicted molar refractivity (Wildman–Crippen MR) is 34.3 cm³/mol. The van der Waals surface area contributed by atoms with Gasteiger partial charge in [-0.05, 0) is 7.05 Å². The second kappa shape index (κ2) is 4.69. The monoisotopic (exact) mass is 141 g/mol. The lowest BCUT2D eigenvalue weighted by atomic mass is 10.5. The van der Waals surface area contributed by atoms with Gasteiger partial charge in [-0.1, -0.05) is 0 Å². The van der Waals surface area contributed by atoms with Crippen LogP contribution in [0.25, 0.3) is 0 Å². The van der Waals surface area contributed by atoms with Gasteiger partial charge in [0, 0.05) is 12.4 Å². The molecule has 0 fully saturated rings. The summed E-state index contributed by atoms with van der Waals surface area (Å²) in [6.07, 6.45) is 0. The third-order valence-electron chi connectivity index (χ3n) is 0.593. The molecule has 7 heavy (non-hydrogen) atoms. The molecule has 0 amide bonds. The summed E-state index contributed by atoms with van der Waals surface area (Å²) < 4.78 is 0. The van der Waals surface area contributed by atoms with E-state index in [0.717, 1.165) is 6.54 Å². The Morgan fingerprint density at radius 2 is 2.29 bits per heavy atom. The summed E-state index contributed by atoms with van der Waals surface area (Å²) >= 11 is 10.9. The molecule has 0 aliphatic heterocycles. The molecular weight excluding hydrogens is 133 g/mol. The summed E-state index contributed by atoms with van der Waals surface area (Å²) in [5.74, 6) is 0.516. The Hall–Kier alpha value is 0.540. The predicted octanol–water partition coefficient (Wildman–Crippen LogP) is 1.05. The molecular formula is C4H9Cl2N. The molecule has 1 N–H and O–H groups in total. The van der Waals surface area contributed by atoms with Gasteiger partial charge in [-0.2, -0.15) is 0 Å². The van der Waals surface area contributed by atoms with Crippen molar-refractivity contribution in [2.75, 3.05) is 19.5 Å². The van der Waals surface area contributed by atoms with E-state index >= 15 is 0 Å². The van der Waals surface area contributed by atoms with E-state index in [-0.39, 0.29) is 5.38 Å². The van der Waals surface area contributed by atoms with Gasteiger partial charge in [-0.25, -0.2) is 0 Å². The lowest BCUT2D eigenvalue weighted by molar-refractivity contribution is 0.782. The zero-order valence-electron chi connectivity index (χ0n) is 4.25. The Morgan fingerprint density at radius 3 is 2.43 bits per heavy atom. The third kappa shape index (κ3) is 4.39. The molecule has 0 aliphatic carbocycles. The lowest BCUT2D eigenvalue weighted by Gasteiger charge is -2.00. The summed E-state index contributed by atoms with van der Waals surface area (Å²) in [6.45, 7) is 0.783. The molecule has 0 saturated carbocycles. The van der Waals surface area contributed by atoms with Crippen molar-refractivity contribution >= 4 is 23.2 Å². The van der Waals surface area contributed by atoms with Crippen LogP contribution in [0.4, 0.5) is 0 Å². The Balaban J connectivity index is 2.83. The van der Waals surface area contributed by atoms with Gasteiger partial charge in [0.2, 0.25) is 0 Å². The zero-order chi connectivity index (χ0) is 5.70. The number of rotatable bonds is 3. The van der Waals surface area contributed by atoms with Gasteiger partial charge in [0.1, 0.15) is 0 Å². The highest BCUT2D eigenvalue weighted by Gasteiger charge is 1.96. The maximum atomic E-state index is 5.57. The molecule has 0 rings (SSSR count). The van der Waals surface area contributed by atoms with E-state index in [9.17, 15) is 0 Å². The van der Waals surface area contributed by atoms with Crippen LogP contribution in [0.3, 0.4) is 0 Å². The minimum atomic E-state index is 0.0756. The first-order valence-electron chi connectivity index (χ1n) is 2.16. The molecule has 0 radical (unpaired) electrons. The van der Waals surface area contributed by atoms with E-state index in [2.05, 4.69) is 5.32 Å². The summed E-state index contributed by atoms with van der Waals surface area (Å²) in [4.78, 5) is 0. The molecule has 3 heteroatoms. The van der Waals surface area contributed by atoms with E-state index < -0.39 is 0 Å². The van der Waals surface area contributed by atoms with Crippen LogP contribution in [0, 0.1) is 0 Å². The average molecular weight is 142 g/mol. The fraction of sp³-hybridized carbons (Fsp3) is 1.00. The van der Waals surface area contributed by atoms with Gasteiger partial charge in [-0.15, -0.1) is 23.2 Å². The first kappa shape index (κ1) is 7.54. The Kier molecular flexibility index (Phi) is 5.05. The number of alkyl halides is 2. The van der Waals surface area contributed by atoms with Gasteiger partial charge in [0.25, 0.3) is 0 Å². The van der Waals surface area contributed by atoms with Gasteiger partial charge >= 0.3 is 0 Å². The maximum Gasteiger partial charge on any atom is 0.0595 e. The van der Waals surface area contributed by atoms with Crippen LogP contribution in [-0.2, 0) is 0 Å². The SMILES string of the molecule is CNCC(Cl)CCl. The fourth-order valence-corrected chi connectivity index (χ4v) is 0.539. The molecule has 44 valence electrons. The van der Waals surface area contributed by atoms with Crippen LogP contribution >= 0.6 is 23.2 Å². The Labute approximate surface area is 54.0 Å². The third-order valence-corrected chi connectivity index (χ3v) is 1.43. The van der Waals surface area contributed by atoms with Crippen molar-refractivity contribution < 1.29 is 0 Å². The van der Waals surface area contributed by atoms with E-state index in [4.69, 9.17) is 23.2 Å². The molecule has 0 spiro atoms. The van der Waals surface area contributed by atoms with E-state index in [0.29, 0.717) is 5.88 Å².